The Morgan fingerprint density at radius 3 is 2.87 bits per heavy atom. The summed E-state index contributed by atoms with van der Waals surface area (Å²) in [5, 5.41) is 4.83. The van der Waals surface area contributed by atoms with E-state index in [0.29, 0.717) is 22.7 Å². The van der Waals surface area contributed by atoms with E-state index < -0.39 is 10.2 Å². The van der Waals surface area contributed by atoms with Crippen LogP contribution in [0.2, 0.25) is 0 Å². The molecule has 7 heteroatoms. The number of anilines is 1. The molecular weight excluding hydrogens is 218 g/mol. The predicted octanol–water partition coefficient (Wildman–Crippen LogP) is 0.752. The van der Waals surface area contributed by atoms with Crippen LogP contribution in [0.25, 0.3) is 11.1 Å². The van der Waals surface area contributed by atoms with E-state index in [1.165, 1.54) is 0 Å². The van der Waals surface area contributed by atoms with Crippen molar-refractivity contribution in [2.45, 2.75) is 6.92 Å². The van der Waals surface area contributed by atoms with Gasteiger partial charge in [0.05, 0.1) is 5.69 Å². The average molecular weight is 227 g/mol. The van der Waals surface area contributed by atoms with Gasteiger partial charge in [0.15, 0.2) is 11.5 Å². The number of aromatic nitrogens is 1. The summed E-state index contributed by atoms with van der Waals surface area (Å²) in [6.07, 6.45) is 0. The van der Waals surface area contributed by atoms with Gasteiger partial charge in [-0.25, -0.2) is 10.1 Å². The third-order valence-corrected chi connectivity index (χ3v) is 2.27. The molecule has 0 atom stereocenters. The maximum absolute atomic E-state index is 10.8. The van der Waals surface area contributed by atoms with E-state index in [-0.39, 0.29) is 0 Å². The van der Waals surface area contributed by atoms with Gasteiger partial charge in [-0.15, -0.1) is 0 Å². The van der Waals surface area contributed by atoms with Crippen molar-refractivity contribution in [2.75, 3.05) is 4.72 Å². The Kier molecular flexibility index (Phi) is 2.13. The van der Waals surface area contributed by atoms with Crippen LogP contribution in [0.3, 0.4) is 0 Å². The number of hydrogen-bond donors (Lipinski definition) is 2. The van der Waals surface area contributed by atoms with E-state index >= 15 is 0 Å². The topological polar surface area (TPSA) is 98.2 Å². The van der Waals surface area contributed by atoms with E-state index in [2.05, 4.69) is 9.71 Å². The third-order valence-electron chi connectivity index (χ3n) is 1.75. The molecule has 1 aromatic heterocycles. The Balaban J connectivity index is 2.47. The number of rotatable bonds is 2. The highest BCUT2D eigenvalue weighted by molar-refractivity contribution is 7.90. The molecule has 2 aromatic rings. The molecule has 0 fully saturated rings. The lowest BCUT2D eigenvalue weighted by Gasteiger charge is -2.01. The minimum absolute atomic E-state index is 0.360. The van der Waals surface area contributed by atoms with Gasteiger partial charge >= 0.3 is 0 Å². The lowest BCUT2D eigenvalue weighted by molar-refractivity contribution is 0.561. The van der Waals surface area contributed by atoms with Gasteiger partial charge in [-0.1, -0.05) is 0 Å². The maximum atomic E-state index is 10.8. The van der Waals surface area contributed by atoms with Crippen LogP contribution < -0.4 is 9.86 Å². The first-order valence-corrected chi connectivity index (χ1v) is 5.66. The fraction of sp³-hybridized carbons (Fsp3) is 0.125. The van der Waals surface area contributed by atoms with Crippen molar-refractivity contribution in [1.29, 1.82) is 0 Å². The molecule has 0 aliphatic carbocycles. The van der Waals surface area contributed by atoms with Crippen molar-refractivity contribution in [1.82, 2.24) is 4.98 Å². The van der Waals surface area contributed by atoms with Gasteiger partial charge in [-0.2, -0.15) is 8.42 Å². The number of oxazole rings is 1. The van der Waals surface area contributed by atoms with Gasteiger partial charge in [0.25, 0.3) is 10.2 Å². The maximum Gasteiger partial charge on any atom is 0.296 e. The highest BCUT2D eigenvalue weighted by atomic mass is 32.2. The number of hydrogen-bond acceptors (Lipinski definition) is 4. The first-order valence-electron chi connectivity index (χ1n) is 4.12. The molecule has 1 heterocycles. The van der Waals surface area contributed by atoms with E-state index in [9.17, 15) is 8.42 Å². The quantitative estimate of drug-likeness (QED) is 0.790. The fourth-order valence-electron chi connectivity index (χ4n) is 1.27. The summed E-state index contributed by atoms with van der Waals surface area (Å²) in [4.78, 5) is 4.06. The molecule has 2 rings (SSSR count). The molecule has 6 nitrogen and oxygen atoms in total. The van der Waals surface area contributed by atoms with Crippen molar-refractivity contribution in [3.63, 3.8) is 0 Å². The second-order valence-corrected chi connectivity index (χ2v) is 4.36. The molecule has 3 N–H and O–H groups in total. The minimum Gasteiger partial charge on any atom is -0.441 e. The van der Waals surface area contributed by atoms with Crippen LogP contribution in [0.15, 0.2) is 22.6 Å². The molecule has 0 saturated carbocycles. The molecule has 0 amide bonds. The molecule has 0 saturated heterocycles. The van der Waals surface area contributed by atoms with E-state index in [4.69, 9.17) is 9.56 Å². The smallest absolute Gasteiger partial charge is 0.296 e. The Bertz CT molecular complexity index is 603. The number of nitrogens with one attached hydrogen (secondary N) is 1. The highest BCUT2D eigenvalue weighted by Crippen LogP contribution is 2.19. The molecule has 1 aromatic carbocycles. The fourth-order valence-corrected chi connectivity index (χ4v) is 1.73. The Morgan fingerprint density at radius 1 is 1.47 bits per heavy atom. The molecule has 0 spiro atoms. The van der Waals surface area contributed by atoms with Crippen LogP contribution in [-0.2, 0) is 10.2 Å². The van der Waals surface area contributed by atoms with E-state index in [1.807, 2.05) is 0 Å². The van der Waals surface area contributed by atoms with E-state index in [0.717, 1.165) is 0 Å². The monoisotopic (exact) mass is 227 g/mol. The lowest BCUT2D eigenvalue weighted by atomic mass is 10.3. The zero-order chi connectivity index (χ0) is 11.1. The highest BCUT2D eigenvalue weighted by Gasteiger charge is 2.06. The summed E-state index contributed by atoms with van der Waals surface area (Å²) < 4.78 is 28.9. The van der Waals surface area contributed by atoms with Crippen LogP contribution >= 0.6 is 0 Å². The van der Waals surface area contributed by atoms with Crippen molar-refractivity contribution in [3.05, 3.63) is 24.1 Å². The van der Waals surface area contributed by atoms with Crippen molar-refractivity contribution in [2.24, 2.45) is 5.14 Å². The summed E-state index contributed by atoms with van der Waals surface area (Å²) in [5.74, 6) is 0.526. The Labute approximate surface area is 86.3 Å². The van der Waals surface area contributed by atoms with Gasteiger partial charge < -0.3 is 4.42 Å². The zero-order valence-corrected chi connectivity index (χ0v) is 8.71. The summed E-state index contributed by atoms with van der Waals surface area (Å²) in [6, 6.07) is 4.73. The number of fused-ring (bicyclic) bond motifs is 1. The molecule has 0 bridgehead atoms. The molecule has 0 aliphatic heterocycles. The normalized spacial score (nSPS) is 11.9. The predicted molar refractivity (Wildman–Crippen MR) is 55.5 cm³/mol. The van der Waals surface area contributed by atoms with Gasteiger partial charge in [0.1, 0.15) is 5.52 Å². The second-order valence-electron chi connectivity index (χ2n) is 3.06. The van der Waals surface area contributed by atoms with Gasteiger partial charge in [0.2, 0.25) is 0 Å². The van der Waals surface area contributed by atoms with Crippen LogP contribution in [0.5, 0.6) is 0 Å². The minimum atomic E-state index is -3.75. The Morgan fingerprint density at radius 2 is 2.20 bits per heavy atom. The second kappa shape index (κ2) is 3.21. The summed E-state index contributed by atoms with van der Waals surface area (Å²) in [7, 11) is -3.75. The van der Waals surface area contributed by atoms with Crippen LogP contribution in [0, 0.1) is 6.92 Å². The molecule has 0 radical (unpaired) electrons. The van der Waals surface area contributed by atoms with Crippen LogP contribution in [-0.4, -0.2) is 13.4 Å². The molecule has 0 aliphatic rings. The standard InChI is InChI=1S/C8H9N3O3S/c1-5-10-7-4-6(11-15(9,12)13)2-3-8(7)14-5/h2-4,11H,1H3,(H2,9,12,13). The third kappa shape index (κ3) is 2.25. The molecule has 15 heavy (non-hydrogen) atoms. The van der Waals surface area contributed by atoms with Crippen LogP contribution in [0.1, 0.15) is 5.89 Å². The molecule has 80 valence electrons. The van der Waals surface area contributed by atoms with Gasteiger partial charge in [-0.05, 0) is 18.2 Å². The first kappa shape index (κ1) is 9.94. The number of nitrogens with zero attached hydrogens (tertiary/aromatic N) is 1. The summed E-state index contributed by atoms with van der Waals surface area (Å²) >= 11 is 0. The van der Waals surface area contributed by atoms with Gasteiger partial charge in [0, 0.05) is 6.92 Å². The largest absolute Gasteiger partial charge is 0.441 e. The Hall–Kier alpha value is -1.60. The summed E-state index contributed by atoms with van der Waals surface area (Å²) in [5.41, 5.74) is 1.55. The van der Waals surface area contributed by atoms with Gasteiger partial charge in [-0.3, -0.25) is 4.72 Å². The SMILES string of the molecule is Cc1nc2cc(NS(N)(=O)=O)ccc2o1. The zero-order valence-electron chi connectivity index (χ0n) is 7.89. The van der Waals surface area contributed by atoms with Crippen molar-refractivity contribution in [3.8, 4) is 0 Å². The first-order chi connectivity index (χ1) is 6.94. The average Bonchev–Trinajstić information content (AvgIpc) is 2.40. The summed E-state index contributed by atoms with van der Waals surface area (Å²) in [6.45, 7) is 1.72. The van der Waals surface area contributed by atoms with Crippen molar-refractivity contribution >= 4 is 27.0 Å². The molecule has 0 unspecified atom stereocenters. The molecular formula is C8H9N3O3S. The van der Waals surface area contributed by atoms with Crippen molar-refractivity contribution < 1.29 is 12.8 Å². The lowest BCUT2D eigenvalue weighted by Crippen LogP contribution is -2.21. The number of aryl methyl sites for hydroxylation is 1. The number of benzene rings is 1. The number of nitrogens with two attached hydrogens (primary N) is 1. The van der Waals surface area contributed by atoms with Crippen LogP contribution in [0.4, 0.5) is 5.69 Å². The van der Waals surface area contributed by atoms with E-state index in [1.54, 1.807) is 25.1 Å².